The highest BCUT2D eigenvalue weighted by Gasteiger charge is 2.37. The Hall–Kier alpha value is -2.43. The summed E-state index contributed by atoms with van der Waals surface area (Å²) in [5.41, 5.74) is 0.721. The second-order valence-electron chi connectivity index (χ2n) is 4.72. The standard InChI is InChI=1S/C16H16O5/c1-20-14-8-4-10(9-15(14)21-2)3-5-11(17)16-12(18)6-7-13(16)19/h3-5,8-9,16H,6-7H2,1-2H3. The molecule has 2 rings (SSSR count). The Kier molecular flexibility index (Phi) is 4.52. The third-order valence-corrected chi connectivity index (χ3v) is 3.39. The summed E-state index contributed by atoms with van der Waals surface area (Å²) in [5.74, 6) is -1.02. The van der Waals surface area contributed by atoms with Gasteiger partial charge in [0.2, 0.25) is 0 Å². The van der Waals surface area contributed by atoms with Crippen molar-refractivity contribution < 1.29 is 23.9 Å². The smallest absolute Gasteiger partial charge is 0.173 e. The lowest BCUT2D eigenvalue weighted by atomic mass is 9.99. The number of methoxy groups -OCH3 is 2. The summed E-state index contributed by atoms with van der Waals surface area (Å²) in [5, 5.41) is 0. The minimum absolute atomic E-state index is 0.166. The van der Waals surface area contributed by atoms with Gasteiger partial charge in [-0.3, -0.25) is 14.4 Å². The largest absolute Gasteiger partial charge is 0.493 e. The van der Waals surface area contributed by atoms with E-state index in [0.717, 1.165) is 5.56 Å². The fraction of sp³-hybridized carbons (Fsp3) is 0.312. The van der Waals surface area contributed by atoms with Gasteiger partial charge in [0.25, 0.3) is 0 Å². The van der Waals surface area contributed by atoms with Crippen molar-refractivity contribution in [1.82, 2.24) is 0 Å². The van der Waals surface area contributed by atoms with Crippen LogP contribution in [-0.4, -0.2) is 31.6 Å². The number of Topliss-reactive ketones (excluding diaryl/α,β-unsaturated/α-hetero) is 2. The number of ketones is 3. The van der Waals surface area contributed by atoms with Gasteiger partial charge in [-0.05, 0) is 23.8 Å². The molecule has 0 amide bonds. The lowest BCUT2D eigenvalue weighted by Gasteiger charge is -2.07. The molecule has 0 spiro atoms. The van der Waals surface area contributed by atoms with Crippen LogP contribution in [0.4, 0.5) is 0 Å². The normalized spacial score (nSPS) is 15.7. The van der Waals surface area contributed by atoms with Gasteiger partial charge in [0, 0.05) is 12.8 Å². The first-order valence-electron chi connectivity index (χ1n) is 6.56. The maximum absolute atomic E-state index is 11.9. The summed E-state index contributed by atoms with van der Waals surface area (Å²) in [7, 11) is 3.06. The molecule has 1 aliphatic rings. The van der Waals surface area contributed by atoms with Crippen LogP contribution in [0.2, 0.25) is 0 Å². The second kappa shape index (κ2) is 6.35. The summed E-state index contributed by atoms with van der Waals surface area (Å²) in [6, 6.07) is 5.18. The highest BCUT2D eigenvalue weighted by atomic mass is 16.5. The molecular formula is C16H16O5. The highest BCUT2D eigenvalue weighted by Crippen LogP contribution is 2.28. The topological polar surface area (TPSA) is 69.7 Å². The lowest BCUT2D eigenvalue weighted by molar-refractivity contribution is -0.133. The van der Waals surface area contributed by atoms with E-state index in [1.54, 1.807) is 24.3 Å². The van der Waals surface area contributed by atoms with Crippen LogP contribution in [0.15, 0.2) is 24.3 Å². The van der Waals surface area contributed by atoms with Crippen LogP contribution < -0.4 is 9.47 Å². The molecule has 5 heteroatoms. The van der Waals surface area contributed by atoms with E-state index in [9.17, 15) is 14.4 Å². The van der Waals surface area contributed by atoms with Gasteiger partial charge < -0.3 is 9.47 Å². The second-order valence-corrected chi connectivity index (χ2v) is 4.72. The van der Waals surface area contributed by atoms with Crippen LogP contribution >= 0.6 is 0 Å². The van der Waals surface area contributed by atoms with E-state index in [1.807, 2.05) is 0 Å². The molecule has 0 N–H and O–H groups in total. The monoisotopic (exact) mass is 288 g/mol. The summed E-state index contributed by atoms with van der Waals surface area (Å²) < 4.78 is 10.3. The van der Waals surface area contributed by atoms with Crippen LogP contribution in [0.25, 0.3) is 6.08 Å². The molecule has 0 aromatic heterocycles. The van der Waals surface area contributed by atoms with E-state index in [4.69, 9.17) is 9.47 Å². The van der Waals surface area contributed by atoms with E-state index in [1.165, 1.54) is 20.3 Å². The Morgan fingerprint density at radius 2 is 1.71 bits per heavy atom. The molecule has 0 heterocycles. The van der Waals surface area contributed by atoms with Gasteiger partial charge in [-0.2, -0.15) is 0 Å². The van der Waals surface area contributed by atoms with Crippen molar-refractivity contribution in [2.75, 3.05) is 14.2 Å². The average molecular weight is 288 g/mol. The Morgan fingerprint density at radius 1 is 1.10 bits per heavy atom. The number of carbonyl (C=O) groups is 3. The van der Waals surface area contributed by atoms with Crippen LogP contribution in [0, 0.1) is 5.92 Å². The maximum Gasteiger partial charge on any atom is 0.173 e. The van der Waals surface area contributed by atoms with E-state index in [-0.39, 0.29) is 24.4 Å². The van der Waals surface area contributed by atoms with Crippen molar-refractivity contribution in [3.8, 4) is 11.5 Å². The summed E-state index contributed by atoms with van der Waals surface area (Å²) >= 11 is 0. The maximum atomic E-state index is 11.9. The molecule has 1 aromatic carbocycles. The van der Waals surface area contributed by atoms with Crippen LogP contribution in [0.1, 0.15) is 18.4 Å². The third-order valence-electron chi connectivity index (χ3n) is 3.39. The Bertz CT molecular complexity index is 599. The number of ether oxygens (including phenoxy) is 2. The van der Waals surface area contributed by atoms with Crippen molar-refractivity contribution in [2.45, 2.75) is 12.8 Å². The third kappa shape index (κ3) is 3.18. The molecule has 0 unspecified atom stereocenters. The Balaban J connectivity index is 2.15. The Morgan fingerprint density at radius 3 is 2.29 bits per heavy atom. The first-order valence-corrected chi connectivity index (χ1v) is 6.56. The first kappa shape index (κ1) is 15.0. The van der Waals surface area contributed by atoms with E-state index in [2.05, 4.69) is 0 Å². The van der Waals surface area contributed by atoms with Gasteiger partial charge in [-0.1, -0.05) is 12.1 Å². The van der Waals surface area contributed by atoms with Gasteiger partial charge in [0.1, 0.15) is 5.92 Å². The molecule has 5 nitrogen and oxygen atoms in total. The number of hydrogen-bond donors (Lipinski definition) is 0. The Labute approximate surface area is 122 Å². The van der Waals surface area contributed by atoms with Gasteiger partial charge in [-0.15, -0.1) is 0 Å². The fourth-order valence-corrected chi connectivity index (χ4v) is 2.26. The zero-order valence-corrected chi connectivity index (χ0v) is 11.9. The number of carbonyl (C=O) groups excluding carboxylic acids is 3. The molecule has 0 radical (unpaired) electrons. The van der Waals surface area contributed by atoms with E-state index in [0.29, 0.717) is 11.5 Å². The summed E-state index contributed by atoms with van der Waals surface area (Å²) in [6.45, 7) is 0. The van der Waals surface area contributed by atoms with Crippen molar-refractivity contribution in [3.63, 3.8) is 0 Å². The molecule has 1 fully saturated rings. The number of benzene rings is 1. The molecule has 0 bridgehead atoms. The molecule has 110 valence electrons. The molecule has 0 saturated heterocycles. The zero-order chi connectivity index (χ0) is 15.4. The molecular weight excluding hydrogens is 272 g/mol. The van der Waals surface area contributed by atoms with E-state index < -0.39 is 11.7 Å². The van der Waals surface area contributed by atoms with Crippen LogP contribution in [0.5, 0.6) is 11.5 Å². The van der Waals surface area contributed by atoms with Crippen molar-refractivity contribution in [2.24, 2.45) is 5.92 Å². The minimum Gasteiger partial charge on any atom is -0.493 e. The zero-order valence-electron chi connectivity index (χ0n) is 11.9. The van der Waals surface area contributed by atoms with Crippen molar-refractivity contribution >= 4 is 23.4 Å². The van der Waals surface area contributed by atoms with Gasteiger partial charge in [0.05, 0.1) is 14.2 Å². The number of rotatable bonds is 5. The number of hydrogen-bond acceptors (Lipinski definition) is 5. The molecule has 1 saturated carbocycles. The van der Waals surface area contributed by atoms with E-state index >= 15 is 0 Å². The average Bonchev–Trinajstić information content (AvgIpc) is 2.83. The van der Waals surface area contributed by atoms with Gasteiger partial charge in [0.15, 0.2) is 28.8 Å². The summed E-state index contributed by atoms with van der Waals surface area (Å²) in [6.07, 6.45) is 3.16. The van der Waals surface area contributed by atoms with Crippen LogP contribution in [-0.2, 0) is 14.4 Å². The number of allylic oxidation sites excluding steroid dienone is 1. The van der Waals surface area contributed by atoms with Crippen molar-refractivity contribution in [1.29, 1.82) is 0 Å². The SMILES string of the molecule is COc1ccc(C=CC(=O)C2C(=O)CCC2=O)cc1OC. The van der Waals surface area contributed by atoms with Crippen molar-refractivity contribution in [3.05, 3.63) is 29.8 Å². The first-order chi connectivity index (χ1) is 10.1. The quantitative estimate of drug-likeness (QED) is 0.610. The highest BCUT2D eigenvalue weighted by molar-refractivity contribution is 6.26. The summed E-state index contributed by atoms with van der Waals surface area (Å²) in [4.78, 5) is 35.0. The van der Waals surface area contributed by atoms with Crippen LogP contribution in [0.3, 0.4) is 0 Å². The molecule has 0 atom stereocenters. The molecule has 1 aromatic rings. The molecule has 21 heavy (non-hydrogen) atoms. The molecule has 1 aliphatic carbocycles. The van der Waals surface area contributed by atoms with Gasteiger partial charge >= 0.3 is 0 Å². The predicted molar refractivity (Wildman–Crippen MR) is 76.3 cm³/mol. The van der Waals surface area contributed by atoms with Gasteiger partial charge in [-0.25, -0.2) is 0 Å². The fourth-order valence-electron chi connectivity index (χ4n) is 2.26. The molecule has 0 aliphatic heterocycles. The predicted octanol–water partition coefficient (Wildman–Crippen LogP) is 1.83. The lowest BCUT2D eigenvalue weighted by Crippen LogP contribution is -2.23. The minimum atomic E-state index is -1.11.